The third-order valence-corrected chi connectivity index (χ3v) is 3.63. The molecule has 3 nitrogen and oxygen atoms in total. The minimum absolute atomic E-state index is 0.131. The minimum Gasteiger partial charge on any atom is -0.213 e. The molecule has 0 aliphatic heterocycles. The maximum absolute atomic E-state index is 11.3. The zero-order valence-corrected chi connectivity index (χ0v) is 11.1. The molecule has 0 aliphatic carbocycles. The second-order valence-electron chi connectivity index (χ2n) is 4.70. The molecule has 1 N–H and O–H groups in total. The third-order valence-electron chi connectivity index (χ3n) is 2.03. The van der Waals surface area contributed by atoms with E-state index in [1.807, 2.05) is 38.3 Å². The van der Waals surface area contributed by atoms with Gasteiger partial charge < -0.3 is 0 Å². The summed E-state index contributed by atoms with van der Waals surface area (Å²) < 4.78 is 25.2. The first-order valence-corrected chi connectivity index (χ1v) is 7.48. The molecule has 0 saturated carbocycles. The van der Waals surface area contributed by atoms with Crippen LogP contribution in [0.15, 0.2) is 17.5 Å². The summed E-state index contributed by atoms with van der Waals surface area (Å²) in [6.45, 7) is 6.07. The van der Waals surface area contributed by atoms with Crippen molar-refractivity contribution in [3.63, 3.8) is 0 Å². The van der Waals surface area contributed by atoms with Crippen LogP contribution in [0.3, 0.4) is 0 Å². The standard InChI is InChI=1S/C10H17NO2S2/c1-10(2,3)9(11-15(4,12)13)8-6-5-7-14-8/h5-7,9,11H,1-4H3/t9-/m0/s1. The van der Waals surface area contributed by atoms with Crippen LogP contribution in [-0.4, -0.2) is 14.7 Å². The molecular weight excluding hydrogens is 230 g/mol. The summed E-state index contributed by atoms with van der Waals surface area (Å²) in [4.78, 5) is 1.05. The summed E-state index contributed by atoms with van der Waals surface area (Å²) in [5.41, 5.74) is -0.131. The molecular formula is C10H17NO2S2. The van der Waals surface area contributed by atoms with Crippen LogP contribution in [0.2, 0.25) is 0 Å². The van der Waals surface area contributed by atoms with Gasteiger partial charge in [0.05, 0.1) is 12.3 Å². The van der Waals surface area contributed by atoms with Crippen molar-refractivity contribution in [1.29, 1.82) is 0 Å². The number of nitrogens with one attached hydrogen (secondary N) is 1. The van der Waals surface area contributed by atoms with Gasteiger partial charge in [-0.1, -0.05) is 26.8 Å². The number of hydrogen-bond acceptors (Lipinski definition) is 3. The molecule has 0 bridgehead atoms. The molecule has 0 unspecified atom stereocenters. The lowest BCUT2D eigenvalue weighted by Crippen LogP contribution is -2.35. The lowest BCUT2D eigenvalue weighted by atomic mass is 9.86. The number of thiophene rings is 1. The number of sulfonamides is 1. The second kappa shape index (κ2) is 4.23. The highest BCUT2D eigenvalue weighted by atomic mass is 32.2. The largest absolute Gasteiger partial charge is 0.213 e. The van der Waals surface area contributed by atoms with Gasteiger partial charge in [-0.15, -0.1) is 11.3 Å². The second-order valence-corrected chi connectivity index (χ2v) is 7.46. The quantitative estimate of drug-likeness (QED) is 0.891. The molecule has 1 aromatic rings. The normalized spacial score (nSPS) is 15.2. The van der Waals surface area contributed by atoms with Gasteiger partial charge in [0.1, 0.15) is 0 Å². The van der Waals surface area contributed by atoms with Crippen LogP contribution in [-0.2, 0) is 10.0 Å². The molecule has 1 atom stereocenters. The fourth-order valence-corrected chi connectivity index (χ4v) is 3.33. The van der Waals surface area contributed by atoms with Crippen molar-refractivity contribution in [3.8, 4) is 0 Å². The fourth-order valence-electron chi connectivity index (χ4n) is 1.33. The smallest absolute Gasteiger partial charge is 0.209 e. The summed E-state index contributed by atoms with van der Waals surface area (Å²) >= 11 is 1.57. The molecule has 0 amide bonds. The molecule has 1 heterocycles. The maximum Gasteiger partial charge on any atom is 0.209 e. The monoisotopic (exact) mass is 247 g/mol. The van der Waals surface area contributed by atoms with Crippen LogP contribution in [0.5, 0.6) is 0 Å². The predicted octanol–water partition coefficient (Wildman–Crippen LogP) is 2.38. The van der Waals surface area contributed by atoms with Crippen molar-refractivity contribution in [2.45, 2.75) is 26.8 Å². The van der Waals surface area contributed by atoms with Gasteiger partial charge in [-0.3, -0.25) is 0 Å². The lowest BCUT2D eigenvalue weighted by molar-refractivity contribution is 0.309. The highest BCUT2D eigenvalue weighted by Crippen LogP contribution is 2.35. The first-order valence-electron chi connectivity index (χ1n) is 4.71. The summed E-state index contributed by atoms with van der Waals surface area (Å²) in [5.74, 6) is 0. The molecule has 15 heavy (non-hydrogen) atoms. The SMILES string of the molecule is CC(C)(C)[C@@H](NS(C)(=O)=O)c1cccs1. The molecule has 0 aromatic carbocycles. The fraction of sp³-hybridized carbons (Fsp3) is 0.600. The zero-order chi connectivity index (χ0) is 11.7. The van der Waals surface area contributed by atoms with E-state index in [0.29, 0.717) is 0 Å². The topological polar surface area (TPSA) is 46.2 Å². The molecule has 0 radical (unpaired) electrons. The third kappa shape index (κ3) is 3.93. The van der Waals surface area contributed by atoms with Gasteiger partial charge >= 0.3 is 0 Å². The average molecular weight is 247 g/mol. The molecule has 5 heteroatoms. The Morgan fingerprint density at radius 1 is 1.40 bits per heavy atom. The molecule has 0 fully saturated rings. The average Bonchev–Trinajstić information content (AvgIpc) is 2.47. The van der Waals surface area contributed by atoms with E-state index in [-0.39, 0.29) is 11.5 Å². The predicted molar refractivity (Wildman–Crippen MR) is 64.5 cm³/mol. The van der Waals surface area contributed by atoms with Gasteiger partial charge in [0.25, 0.3) is 0 Å². The van der Waals surface area contributed by atoms with Gasteiger partial charge in [-0.25, -0.2) is 13.1 Å². The summed E-state index contributed by atoms with van der Waals surface area (Å²) in [6, 6.07) is 3.73. The molecule has 1 rings (SSSR count). The Morgan fingerprint density at radius 2 is 2.00 bits per heavy atom. The van der Waals surface area contributed by atoms with E-state index >= 15 is 0 Å². The van der Waals surface area contributed by atoms with Crippen molar-refractivity contribution < 1.29 is 8.42 Å². The van der Waals surface area contributed by atoms with Crippen molar-refractivity contribution in [3.05, 3.63) is 22.4 Å². The molecule has 86 valence electrons. The first kappa shape index (κ1) is 12.7. The van der Waals surface area contributed by atoms with E-state index in [1.165, 1.54) is 6.26 Å². The maximum atomic E-state index is 11.3. The molecule has 0 aliphatic rings. The summed E-state index contributed by atoms with van der Waals surface area (Å²) in [5, 5.41) is 1.96. The Balaban J connectivity index is 3.01. The Bertz CT molecular complexity index is 401. The molecule has 1 aromatic heterocycles. The zero-order valence-electron chi connectivity index (χ0n) is 9.44. The van der Waals surface area contributed by atoms with Crippen LogP contribution in [0.4, 0.5) is 0 Å². The van der Waals surface area contributed by atoms with E-state index in [0.717, 1.165) is 4.88 Å². The van der Waals surface area contributed by atoms with Crippen LogP contribution in [0.1, 0.15) is 31.7 Å². The highest BCUT2D eigenvalue weighted by Gasteiger charge is 2.29. The Labute approximate surface area is 95.6 Å². The number of rotatable bonds is 3. The number of hydrogen-bond donors (Lipinski definition) is 1. The van der Waals surface area contributed by atoms with Gasteiger partial charge in [0, 0.05) is 4.88 Å². The summed E-state index contributed by atoms with van der Waals surface area (Å²) in [6.07, 6.45) is 1.19. The van der Waals surface area contributed by atoms with Crippen molar-refractivity contribution in [2.24, 2.45) is 5.41 Å². The van der Waals surface area contributed by atoms with Crippen LogP contribution in [0.25, 0.3) is 0 Å². The van der Waals surface area contributed by atoms with Gasteiger partial charge in [-0.2, -0.15) is 0 Å². The molecule has 0 spiro atoms. The van der Waals surface area contributed by atoms with Crippen molar-refractivity contribution >= 4 is 21.4 Å². The van der Waals surface area contributed by atoms with E-state index in [4.69, 9.17) is 0 Å². The Hall–Kier alpha value is -0.390. The van der Waals surface area contributed by atoms with E-state index in [2.05, 4.69) is 4.72 Å². The van der Waals surface area contributed by atoms with Gasteiger partial charge in [-0.05, 0) is 16.9 Å². The van der Waals surface area contributed by atoms with Gasteiger partial charge in [0.2, 0.25) is 10.0 Å². The van der Waals surface area contributed by atoms with Crippen molar-refractivity contribution in [2.75, 3.05) is 6.26 Å². The Kier molecular flexibility index (Phi) is 3.58. The first-order chi connectivity index (χ1) is 6.70. The lowest BCUT2D eigenvalue weighted by Gasteiger charge is -2.29. The Morgan fingerprint density at radius 3 is 2.33 bits per heavy atom. The van der Waals surface area contributed by atoms with Gasteiger partial charge in [0.15, 0.2) is 0 Å². The molecule has 0 saturated heterocycles. The van der Waals surface area contributed by atoms with Crippen LogP contribution in [0, 0.1) is 5.41 Å². The van der Waals surface area contributed by atoms with Crippen molar-refractivity contribution in [1.82, 2.24) is 4.72 Å². The summed E-state index contributed by atoms with van der Waals surface area (Å²) in [7, 11) is -3.18. The van der Waals surface area contributed by atoms with E-state index in [9.17, 15) is 8.42 Å². The highest BCUT2D eigenvalue weighted by molar-refractivity contribution is 7.88. The van der Waals surface area contributed by atoms with Crippen LogP contribution >= 0.6 is 11.3 Å². The minimum atomic E-state index is -3.18. The van der Waals surface area contributed by atoms with E-state index in [1.54, 1.807) is 11.3 Å². The van der Waals surface area contributed by atoms with E-state index < -0.39 is 10.0 Å². The van der Waals surface area contributed by atoms with Crippen LogP contribution < -0.4 is 4.72 Å².